The monoisotopic (exact) mass is 499 g/mol. The summed E-state index contributed by atoms with van der Waals surface area (Å²) >= 11 is 0. The van der Waals surface area contributed by atoms with Gasteiger partial charge in [-0.3, -0.25) is 4.99 Å². The van der Waals surface area contributed by atoms with Gasteiger partial charge in [0, 0.05) is 12.6 Å². The first-order valence-corrected chi connectivity index (χ1v) is 9.25. The van der Waals surface area contributed by atoms with Gasteiger partial charge in [0.15, 0.2) is 5.96 Å². The lowest BCUT2D eigenvalue weighted by Gasteiger charge is -2.14. The van der Waals surface area contributed by atoms with E-state index in [1.165, 1.54) is 5.56 Å². The van der Waals surface area contributed by atoms with Gasteiger partial charge in [-0.25, -0.2) is 0 Å². The van der Waals surface area contributed by atoms with Crippen molar-refractivity contribution < 1.29 is 14.2 Å². The molecule has 7 heteroatoms. The van der Waals surface area contributed by atoms with Crippen LogP contribution >= 0.6 is 24.0 Å². The van der Waals surface area contributed by atoms with Crippen LogP contribution in [0, 0.1) is 0 Å². The maximum atomic E-state index is 6.04. The van der Waals surface area contributed by atoms with E-state index in [9.17, 15) is 0 Å². The third kappa shape index (κ3) is 7.84. The standard InChI is InChI=1S/C21H29N3O3.HI/c1-4-26-18-11-12-20(27-5-2)19(15-18)24-21(22)23-13-7-9-16-8-6-10-17(14-16)25-3;/h6,8,10-12,14-15H,4-5,7,9,13H2,1-3H3,(H3,22,23,24);1H. The smallest absolute Gasteiger partial charge is 0.193 e. The number of nitrogens with two attached hydrogens (primary N) is 1. The van der Waals surface area contributed by atoms with E-state index < -0.39 is 0 Å². The van der Waals surface area contributed by atoms with Crippen molar-refractivity contribution in [1.29, 1.82) is 0 Å². The molecule has 2 rings (SSSR count). The van der Waals surface area contributed by atoms with Crippen LogP contribution in [0.2, 0.25) is 0 Å². The molecule has 0 heterocycles. The molecule has 0 radical (unpaired) electrons. The minimum Gasteiger partial charge on any atom is -0.497 e. The van der Waals surface area contributed by atoms with E-state index in [2.05, 4.69) is 16.4 Å². The maximum Gasteiger partial charge on any atom is 0.193 e. The van der Waals surface area contributed by atoms with Crippen molar-refractivity contribution in [3.05, 3.63) is 48.0 Å². The van der Waals surface area contributed by atoms with Gasteiger partial charge in [0.1, 0.15) is 17.2 Å². The van der Waals surface area contributed by atoms with Gasteiger partial charge in [-0.05, 0) is 56.5 Å². The number of hydrogen-bond donors (Lipinski definition) is 2. The molecule has 0 atom stereocenters. The molecule has 6 nitrogen and oxygen atoms in total. The second-order valence-electron chi connectivity index (χ2n) is 5.87. The third-order valence-corrected chi connectivity index (χ3v) is 3.86. The molecule has 0 aromatic heterocycles. The first-order valence-electron chi connectivity index (χ1n) is 9.25. The summed E-state index contributed by atoms with van der Waals surface area (Å²) in [6.07, 6.45) is 1.81. The summed E-state index contributed by atoms with van der Waals surface area (Å²) in [6, 6.07) is 13.7. The van der Waals surface area contributed by atoms with Gasteiger partial charge < -0.3 is 25.3 Å². The van der Waals surface area contributed by atoms with Gasteiger partial charge in [-0.2, -0.15) is 0 Å². The second kappa shape index (κ2) is 13.1. The molecule has 0 aliphatic rings. The van der Waals surface area contributed by atoms with E-state index in [1.807, 2.05) is 50.2 Å². The van der Waals surface area contributed by atoms with Crippen LogP contribution in [-0.4, -0.2) is 32.8 Å². The minimum absolute atomic E-state index is 0. The van der Waals surface area contributed by atoms with Crippen molar-refractivity contribution in [2.24, 2.45) is 10.7 Å². The minimum atomic E-state index is 0. The Morgan fingerprint density at radius 3 is 2.54 bits per heavy atom. The SMILES string of the molecule is CCOc1ccc(OCC)c(NC(N)=NCCCc2cccc(OC)c2)c1.I. The van der Waals surface area contributed by atoms with E-state index in [0.29, 0.717) is 25.7 Å². The zero-order chi connectivity index (χ0) is 19.5. The number of aryl methyl sites for hydroxylation is 1. The number of guanidine groups is 1. The molecule has 0 aliphatic carbocycles. The molecule has 0 fully saturated rings. The number of methoxy groups -OCH3 is 1. The van der Waals surface area contributed by atoms with E-state index in [4.69, 9.17) is 19.9 Å². The van der Waals surface area contributed by atoms with Crippen molar-refractivity contribution in [2.75, 3.05) is 32.2 Å². The fourth-order valence-corrected chi connectivity index (χ4v) is 2.63. The van der Waals surface area contributed by atoms with Crippen LogP contribution in [0.25, 0.3) is 0 Å². The van der Waals surface area contributed by atoms with Crippen LogP contribution in [0.1, 0.15) is 25.8 Å². The fourth-order valence-electron chi connectivity index (χ4n) is 2.63. The van der Waals surface area contributed by atoms with Crippen LogP contribution in [0.4, 0.5) is 5.69 Å². The molecular weight excluding hydrogens is 469 g/mol. The largest absolute Gasteiger partial charge is 0.497 e. The lowest BCUT2D eigenvalue weighted by Crippen LogP contribution is -2.23. The van der Waals surface area contributed by atoms with Gasteiger partial charge in [0.2, 0.25) is 0 Å². The summed E-state index contributed by atoms with van der Waals surface area (Å²) in [6.45, 7) is 5.69. The van der Waals surface area contributed by atoms with Crippen LogP contribution < -0.4 is 25.3 Å². The number of nitrogens with one attached hydrogen (secondary N) is 1. The Balaban J connectivity index is 0.00000392. The van der Waals surface area contributed by atoms with Gasteiger partial charge in [-0.15, -0.1) is 24.0 Å². The molecule has 3 N–H and O–H groups in total. The number of rotatable bonds is 10. The number of benzene rings is 2. The zero-order valence-corrected chi connectivity index (χ0v) is 19.1. The molecule has 28 heavy (non-hydrogen) atoms. The van der Waals surface area contributed by atoms with Crippen molar-refractivity contribution in [3.63, 3.8) is 0 Å². The van der Waals surface area contributed by atoms with Gasteiger partial charge in [0.25, 0.3) is 0 Å². The van der Waals surface area contributed by atoms with Crippen molar-refractivity contribution in [1.82, 2.24) is 0 Å². The van der Waals surface area contributed by atoms with Crippen LogP contribution in [-0.2, 0) is 6.42 Å². The Labute approximate surface area is 184 Å². The van der Waals surface area contributed by atoms with E-state index in [0.717, 1.165) is 35.8 Å². The molecule has 0 bridgehead atoms. The highest BCUT2D eigenvalue weighted by Crippen LogP contribution is 2.29. The Bertz CT molecular complexity index is 753. The molecule has 2 aromatic rings. The normalized spacial score (nSPS) is 10.8. The lowest BCUT2D eigenvalue weighted by molar-refractivity contribution is 0.332. The highest BCUT2D eigenvalue weighted by atomic mass is 127. The number of hydrogen-bond acceptors (Lipinski definition) is 4. The summed E-state index contributed by atoms with van der Waals surface area (Å²) in [4.78, 5) is 4.41. The molecule has 0 spiro atoms. The van der Waals surface area contributed by atoms with E-state index in [1.54, 1.807) is 7.11 Å². The third-order valence-electron chi connectivity index (χ3n) is 3.86. The Kier molecular flexibility index (Phi) is 11.2. The van der Waals surface area contributed by atoms with Crippen LogP contribution in [0.3, 0.4) is 0 Å². The summed E-state index contributed by atoms with van der Waals surface area (Å²) in [5, 5.41) is 3.11. The van der Waals surface area contributed by atoms with Gasteiger partial charge in [0.05, 0.1) is 26.0 Å². The van der Waals surface area contributed by atoms with Crippen molar-refractivity contribution >= 4 is 35.6 Å². The van der Waals surface area contributed by atoms with Crippen molar-refractivity contribution in [2.45, 2.75) is 26.7 Å². The predicted octanol–water partition coefficient (Wildman–Crippen LogP) is 4.47. The summed E-state index contributed by atoms with van der Waals surface area (Å²) < 4.78 is 16.4. The Morgan fingerprint density at radius 1 is 1.04 bits per heavy atom. The second-order valence-corrected chi connectivity index (χ2v) is 5.87. The van der Waals surface area contributed by atoms with Gasteiger partial charge >= 0.3 is 0 Å². The predicted molar refractivity (Wildman–Crippen MR) is 126 cm³/mol. The lowest BCUT2D eigenvalue weighted by atomic mass is 10.1. The maximum absolute atomic E-state index is 6.04. The Hall–Kier alpha value is -2.16. The first-order chi connectivity index (χ1) is 13.2. The van der Waals surface area contributed by atoms with Gasteiger partial charge in [-0.1, -0.05) is 12.1 Å². The molecule has 154 valence electrons. The van der Waals surface area contributed by atoms with Crippen LogP contribution in [0.15, 0.2) is 47.5 Å². The van der Waals surface area contributed by atoms with Crippen molar-refractivity contribution in [3.8, 4) is 17.2 Å². The number of halogens is 1. The fraction of sp³-hybridized carbons (Fsp3) is 0.381. The highest BCUT2D eigenvalue weighted by Gasteiger charge is 2.07. The average Bonchev–Trinajstić information content (AvgIpc) is 2.68. The van der Waals surface area contributed by atoms with E-state index in [-0.39, 0.29) is 24.0 Å². The number of aliphatic imine (C=N–C) groups is 1. The molecule has 0 saturated carbocycles. The topological polar surface area (TPSA) is 78.1 Å². The molecule has 0 unspecified atom stereocenters. The van der Waals surface area contributed by atoms with E-state index >= 15 is 0 Å². The first kappa shape index (κ1) is 23.9. The molecular formula is C21H30IN3O3. The highest BCUT2D eigenvalue weighted by molar-refractivity contribution is 14.0. The summed E-state index contributed by atoms with van der Waals surface area (Å²) in [5.41, 5.74) is 8.01. The zero-order valence-electron chi connectivity index (χ0n) is 16.7. The molecule has 0 aliphatic heterocycles. The average molecular weight is 499 g/mol. The number of anilines is 1. The molecule has 0 saturated heterocycles. The Morgan fingerprint density at radius 2 is 1.82 bits per heavy atom. The molecule has 0 amide bonds. The molecule has 2 aromatic carbocycles. The summed E-state index contributed by atoms with van der Waals surface area (Å²) in [7, 11) is 1.67. The van der Waals surface area contributed by atoms with Crippen LogP contribution in [0.5, 0.6) is 17.2 Å². The number of ether oxygens (including phenoxy) is 3. The summed E-state index contributed by atoms with van der Waals surface area (Å²) in [5.74, 6) is 2.70. The quantitative estimate of drug-likeness (QED) is 0.218. The number of nitrogens with zero attached hydrogens (tertiary/aromatic N) is 1.